The number of hydrogen-bond acceptors (Lipinski definition) is 2. The highest BCUT2D eigenvalue weighted by Crippen LogP contribution is 2.26. The van der Waals surface area contributed by atoms with E-state index in [9.17, 15) is 13.2 Å². The smallest absolute Gasteiger partial charge is 0.405 e. The zero-order valence-corrected chi connectivity index (χ0v) is 12.5. The Morgan fingerprint density at radius 2 is 1.81 bits per heavy atom. The lowest BCUT2D eigenvalue weighted by atomic mass is 10.1. The van der Waals surface area contributed by atoms with Crippen molar-refractivity contribution in [2.45, 2.75) is 39.2 Å². The summed E-state index contributed by atoms with van der Waals surface area (Å²) in [6.45, 7) is 6.05. The van der Waals surface area contributed by atoms with E-state index >= 15 is 0 Å². The summed E-state index contributed by atoms with van der Waals surface area (Å²) >= 11 is 0. The second-order valence-corrected chi connectivity index (χ2v) is 5.46. The van der Waals surface area contributed by atoms with Crippen molar-refractivity contribution < 1.29 is 17.9 Å². The number of para-hydroxylation sites is 1. The van der Waals surface area contributed by atoms with Gasteiger partial charge in [-0.2, -0.15) is 0 Å². The molecule has 0 heterocycles. The van der Waals surface area contributed by atoms with Crippen LogP contribution in [-0.4, -0.2) is 24.9 Å². The maximum atomic E-state index is 12.3. The standard InChI is InChI=1S/C14H20F3N3O/c1-13(2,3)20-12(18-4)19-9-10-7-5-6-8-11(10)21-14(15,16)17/h5-8H,9H2,1-4H3,(H2,18,19,20). The molecule has 0 saturated carbocycles. The van der Waals surface area contributed by atoms with Gasteiger partial charge >= 0.3 is 6.36 Å². The molecule has 4 nitrogen and oxygen atoms in total. The number of nitrogens with zero attached hydrogens (tertiary/aromatic N) is 1. The number of ether oxygens (including phenoxy) is 1. The number of nitrogens with one attached hydrogen (secondary N) is 2. The minimum absolute atomic E-state index is 0.169. The van der Waals surface area contributed by atoms with Crippen molar-refractivity contribution in [2.75, 3.05) is 7.05 Å². The number of rotatable bonds is 3. The van der Waals surface area contributed by atoms with Crippen LogP contribution in [0.2, 0.25) is 0 Å². The van der Waals surface area contributed by atoms with Gasteiger partial charge in [0.15, 0.2) is 5.96 Å². The number of aliphatic imine (C=N–C) groups is 1. The first-order valence-corrected chi connectivity index (χ1v) is 6.43. The monoisotopic (exact) mass is 303 g/mol. The fourth-order valence-corrected chi connectivity index (χ4v) is 1.59. The Labute approximate surface area is 122 Å². The van der Waals surface area contributed by atoms with Gasteiger partial charge in [-0.15, -0.1) is 13.2 Å². The van der Waals surface area contributed by atoms with Crippen LogP contribution in [0, 0.1) is 0 Å². The van der Waals surface area contributed by atoms with Crippen molar-refractivity contribution in [1.82, 2.24) is 10.6 Å². The minimum atomic E-state index is -4.71. The highest BCUT2D eigenvalue weighted by molar-refractivity contribution is 5.80. The molecular formula is C14H20F3N3O. The fourth-order valence-electron chi connectivity index (χ4n) is 1.59. The highest BCUT2D eigenvalue weighted by Gasteiger charge is 2.31. The summed E-state index contributed by atoms with van der Waals surface area (Å²) in [4.78, 5) is 4.02. The molecule has 0 unspecified atom stereocenters. The van der Waals surface area contributed by atoms with E-state index in [0.29, 0.717) is 11.5 Å². The van der Waals surface area contributed by atoms with E-state index in [1.54, 1.807) is 19.2 Å². The molecule has 0 spiro atoms. The lowest BCUT2D eigenvalue weighted by Crippen LogP contribution is -2.47. The molecule has 0 amide bonds. The Kier molecular flexibility index (Phi) is 5.46. The third-order valence-corrected chi connectivity index (χ3v) is 2.36. The highest BCUT2D eigenvalue weighted by atomic mass is 19.4. The van der Waals surface area contributed by atoms with E-state index in [4.69, 9.17) is 0 Å². The Bertz CT molecular complexity index is 493. The Morgan fingerprint density at radius 3 is 2.33 bits per heavy atom. The summed E-state index contributed by atoms with van der Waals surface area (Å²) in [6.07, 6.45) is -4.71. The fraction of sp³-hybridized carbons (Fsp3) is 0.500. The lowest BCUT2D eigenvalue weighted by molar-refractivity contribution is -0.274. The van der Waals surface area contributed by atoms with Crippen LogP contribution >= 0.6 is 0 Å². The summed E-state index contributed by atoms with van der Waals surface area (Å²) in [7, 11) is 1.60. The first kappa shape index (κ1) is 17.1. The van der Waals surface area contributed by atoms with E-state index in [1.165, 1.54) is 12.1 Å². The van der Waals surface area contributed by atoms with Gasteiger partial charge in [-0.3, -0.25) is 4.99 Å². The van der Waals surface area contributed by atoms with Crippen molar-refractivity contribution in [3.8, 4) is 5.75 Å². The molecule has 0 aliphatic carbocycles. The lowest BCUT2D eigenvalue weighted by Gasteiger charge is -2.24. The number of guanidine groups is 1. The zero-order chi connectivity index (χ0) is 16.1. The van der Waals surface area contributed by atoms with Gasteiger partial charge in [0, 0.05) is 24.7 Å². The van der Waals surface area contributed by atoms with Gasteiger partial charge in [0.2, 0.25) is 0 Å². The SMILES string of the molecule is CN=C(NCc1ccccc1OC(F)(F)F)NC(C)(C)C. The molecule has 0 aliphatic heterocycles. The third kappa shape index (κ3) is 6.87. The van der Waals surface area contributed by atoms with Crippen molar-refractivity contribution in [1.29, 1.82) is 0 Å². The molecule has 0 atom stereocenters. The molecule has 0 fully saturated rings. The molecule has 21 heavy (non-hydrogen) atoms. The average Bonchev–Trinajstić information content (AvgIpc) is 2.32. The van der Waals surface area contributed by atoms with Crippen molar-refractivity contribution in [3.63, 3.8) is 0 Å². The van der Waals surface area contributed by atoms with E-state index in [2.05, 4.69) is 20.4 Å². The van der Waals surface area contributed by atoms with Crippen LogP contribution in [0.25, 0.3) is 0 Å². The van der Waals surface area contributed by atoms with Crippen LogP contribution < -0.4 is 15.4 Å². The quantitative estimate of drug-likeness (QED) is 0.666. The van der Waals surface area contributed by atoms with Gasteiger partial charge in [0.1, 0.15) is 5.75 Å². The van der Waals surface area contributed by atoms with Gasteiger partial charge < -0.3 is 15.4 Å². The predicted molar refractivity (Wildman–Crippen MR) is 76.2 cm³/mol. The normalized spacial score (nSPS) is 13.0. The number of hydrogen-bond donors (Lipinski definition) is 2. The molecule has 7 heteroatoms. The Hall–Kier alpha value is -1.92. The van der Waals surface area contributed by atoms with Crippen LogP contribution in [0.5, 0.6) is 5.75 Å². The molecule has 0 radical (unpaired) electrons. The zero-order valence-electron chi connectivity index (χ0n) is 12.5. The van der Waals surface area contributed by atoms with E-state index in [0.717, 1.165) is 0 Å². The summed E-state index contributed by atoms with van der Waals surface area (Å²) in [5.74, 6) is 0.285. The van der Waals surface area contributed by atoms with Crippen molar-refractivity contribution in [3.05, 3.63) is 29.8 Å². The summed E-state index contributed by atoms with van der Waals surface area (Å²) in [5, 5.41) is 6.08. The van der Waals surface area contributed by atoms with Gasteiger partial charge in [-0.25, -0.2) is 0 Å². The first-order chi connectivity index (χ1) is 9.61. The molecule has 118 valence electrons. The van der Waals surface area contributed by atoms with E-state index in [1.807, 2.05) is 20.8 Å². The Balaban J connectivity index is 2.75. The molecule has 1 rings (SSSR count). The Morgan fingerprint density at radius 1 is 1.19 bits per heavy atom. The molecule has 0 aromatic heterocycles. The van der Waals surface area contributed by atoms with E-state index < -0.39 is 6.36 Å². The largest absolute Gasteiger partial charge is 0.573 e. The second kappa shape index (κ2) is 6.69. The second-order valence-electron chi connectivity index (χ2n) is 5.46. The first-order valence-electron chi connectivity index (χ1n) is 6.43. The number of halogens is 3. The summed E-state index contributed by atoms with van der Waals surface area (Å²) in [5.41, 5.74) is 0.191. The van der Waals surface area contributed by atoms with Crippen LogP contribution in [0.15, 0.2) is 29.3 Å². The predicted octanol–water partition coefficient (Wildman–Crippen LogP) is 3.05. The average molecular weight is 303 g/mol. The molecule has 2 N–H and O–H groups in total. The van der Waals surface area contributed by atoms with Gasteiger partial charge in [0.05, 0.1) is 0 Å². The molecule has 1 aromatic carbocycles. The molecular weight excluding hydrogens is 283 g/mol. The van der Waals surface area contributed by atoms with Gasteiger partial charge in [-0.05, 0) is 26.8 Å². The molecule has 0 aliphatic rings. The third-order valence-electron chi connectivity index (χ3n) is 2.36. The summed E-state index contributed by atoms with van der Waals surface area (Å²) in [6, 6.07) is 6.00. The maximum Gasteiger partial charge on any atom is 0.573 e. The van der Waals surface area contributed by atoms with Crippen molar-refractivity contribution in [2.24, 2.45) is 4.99 Å². The van der Waals surface area contributed by atoms with Crippen LogP contribution in [0.1, 0.15) is 26.3 Å². The van der Waals surface area contributed by atoms with Crippen molar-refractivity contribution >= 4 is 5.96 Å². The minimum Gasteiger partial charge on any atom is -0.405 e. The van der Waals surface area contributed by atoms with Crippen LogP contribution in [0.3, 0.4) is 0 Å². The van der Waals surface area contributed by atoms with Gasteiger partial charge in [0.25, 0.3) is 0 Å². The van der Waals surface area contributed by atoms with Crippen LogP contribution in [-0.2, 0) is 6.54 Å². The molecule has 0 saturated heterocycles. The van der Waals surface area contributed by atoms with Gasteiger partial charge in [-0.1, -0.05) is 18.2 Å². The molecule has 1 aromatic rings. The maximum absolute atomic E-state index is 12.3. The number of alkyl halides is 3. The van der Waals surface area contributed by atoms with E-state index in [-0.39, 0.29) is 17.8 Å². The summed E-state index contributed by atoms with van der Waals surface area (Å²) < 4.78 is 41.0. The number of benzene rings is 1. The molecule has 0 bridgehead atoms. The topological polar surface area (TPSA) is 45.7 Å². The van der Waals surface area contributed by atoms with Crippen LogP contribution in [0.4, 0.5) is 13.2 Å².